The Morgan fingerprint density at radius 1 is 1.05 bits per heavy atom. The van der Waals surface area contributed by atoms with E-state index in [0.717, 1.165) is 18.4 Å². The molecule has 0 radical (unpaired) electrons. The molecule has 0 heterocycles. The van der Waals surface area contributed by atoms with Crippen LogP contribution in [0.15, 0.2) is 24.3 Å². The summed E-state index contributed by atoms with van der Waals surface area (Å²) in [6.07, 6.45) is 6.95. The van der Waals surface area contributed by atoms with Gasteiger partial charge in [-0.25, -0.2) is 0 Å². The highest BCUT2D eigenvalue weighted by Gasteiger charge is 2.27. The van der Waals surface area contributed by atoms with Crippen molar-refractivity contribution in [3.05, 3.63) is 35.4 Å². The predicted molar refractivity (Wildman–Crippen MR) is 88.3 cm³/mol. The molecule has 0 bridgehead atoms. The molecule has 0 amide bonds. The Kier molecular flexibility index (Phi) is 5.26. The van der Waals surface area contributed by atoms with Crippen LogP contribution in [0.4, 0.5) is 0 Å². The summed E-state index contributed by atoms with van der Waals surface area (Å²) < 4.78 is 0. The average molecular weight is 273 g/mol. The van der Waals surface area contributed by atoms with E-state index in [1.807, 2.05) is 0 Å². The monoisotopic (exact) mass is 273 g/mol. The molecule has 2 atom stereocenters. The van der Waals surface area contributed by atoms with Gasteiger partial charge in [0.1, 0.15) is 0 Å². The van der Waals surface area contributed by atoms with Crippen molar-refractivity contribution in [3.63, 3.8) is 0 Å². The fourth-order valence-corrected chi connectivity index (χ4v) is 3.48. The molecule has 0 spiro atoms. The van der Waals surface area contributed by atoms with Crippen LogP contribution in [0.5, 0.6) is 0 Å². The number of benzene rings is 1. The highest BCUT2D eigenvalue weighted by atomic mass is 14.9. The van der Waals surface area contributed by atoms with Crippen LogP contribution in [0.3, 0.4) is 0 Å². The van der Waals surface area contributed by atoms with Crippen LogP contribution >= 0.6 is 0 Å². The summed E-state index contributed by atoms with van der Waals surface area (Å²) in [5.41, 5.74) is 3.29. The normalized spacial score (nSPS) is 24.4. The lowest BCUT2D eigenvalue weighted by atomic mass is 9.80. The van der Waals surface area contributed by atoms with Gasteiger partial charge in [-0.2, -0.15) is 0 Å². The van der Waals surface area contributed by atoms with Gasteiger partial charge in [0, 0.05) is 5.54 Å². The van der Waals surface area contributed by atoms with Crippen LogP contribution in [-0.2, 0) is 0 Å². The zero-order chi connectivity index (χ0) is 14.6. The Hall–Kier alpha value is -0.820. The van der Waals surface area contributed by atoms with E-state index in [2.05, 4.69) is 57.3 Å². The van der Waals surface area contributed by atoms with Gasteiger partial charge in [0.05, 0.1) is 0 Å². The molecule has 1 nitrogen and oxygen atoms in total. The van der Waals surface area contributed by atoms with Crippen molar-refractivity contribution in [2.75, 3.05) is 6.54 Å². The lowest BCUT2D eigenvalue weighted by Gasteiger charge is -2.30. The maximum absolute atomic E-state index is 3.74. The molecule has 0 aliphatic heterocycles. The van der Waals surface area contributed by atoms with Crippen molar-refractivity contribution in [1.82, 2.24) is 5.32 Å². The molecular weight excluding hydrogens is 242 g/mol. The summed E-state index contributed by atoms with van der Waals surface area (Å²) in [6, 6.07) is 9.00. The zero-order valence-corrected chi connectivity index (χ0v) is 13.7. The van der Waals surface area contributed by atoms with Gasteiger partial charge in [-0.15, -0.1) is 0 Å². The van der Waals surface area contributed by atoms with Crippen LogP contribution in [0.25, 0.3) is 0 Å². The van der Waals surface area contributed by atoms with Gasteiger partial charge >= 0.3 is 0 Å². The van der Waals surface area contributed by atoms with Crippen LogP contribution in [0.2, 0.25) is 0 Å². The molecule has 1 heteroatoms. The predicted octanol–water partition coefficient (Wildman–Crippen LogP) is 5.05. The van der Waals surface area contributed by atoms with Crippen molar-refractivity contribution in [2.45, 2.75) is 71.3 Å². The number of hydrogen-bond acceptors (Lipinski definition) is 1. The molecule has 1 N–H and O–H groups in total. The van der Waals surface area contributed by atoms with E-state index in [1.165, 1.54) is 37.7 Å². The van der Waals surface area contributed by atoms with E-state index < -0.39 is 0 Å². The second-order valence-corrected chi connectivity index (χ2v) is 7.49. The number of hydrogen-bond donors (Lipinski definition) is 1. The standard InChI is InChI=1S/C19H31N/c1-15-10-8-9-12-17(15)18-13-7-5-6-11-16(18)14-20-19(2,3)4/h8-10,12,16,18,20H,5-7,11,13-14H2,1-4H3. The fourth-order valence-electron chi connectivity index (χ4n) is 3.48. The largest absolute Gasteiger partial charge is 0.312 e. The minimum atomic E-state index is 0.225. The molecule has 1 saturated carbocycles. The zero-order valence-electron chi connectivity index (χ0n) is 13.7. The van der Waals surface area contributed by atoms with Crippen LogP contribution in [0.1, 0.15) is 69.9 Å². The van der Waals surface area contributed by atoms with Crippen molar-refractivity contribution in [1.29, 1.82) is 0 Å². The van der Waals surface area contributed by atoms with E-state index in [4.69, 9.17) is 0 Å². The smallest absolute Gasteiger partial charge is 0.00966 e. The van der Waals surface area contributed by atoms with E-state index in [9.17, 15) is 0 Å². The summed E-state index contributed by atoms with van der Waals surface area (Å²) >= 11 is 0. The molecule has 0 aromatic heterocycles. The molecule has 1 aromatic carbocycles. The number of aryl methyl sites for hydroxylation is 1. The van der Waals surface area contributed by atoms with Crippen LogP contribution in [0, 0.1) is 12.8 Å². The summed E-state index contributed by atoms with van der Waals surface area (Å²) in [7, 11) is 0. The van der Waals surface area contributed by atoms with Gasteiger partial charge in [0.25, 0.3) is 0 Å². The molecule has 2 unspecified atom stereocenters. The third-order valence-electron chi connectivity index (χ3n) is 4.64. The lowest BCUT2D eigenvalue weighted by molar-refractivity contribution is 0.321. The van der Waals surface area contributed by atoms with Crippen molar-refractivity contribution in [2.24, 2.45) is 5.92 Å². The van der Waals surface area contributed by atoms with Crippen molar-refractivity contribution >= 4 is 0 Å². The number of nitrogens with one attached hydrogen (secondary N) is 1. The fraction of sp³-hybridized carbons (Fsp3) is 0.684. The van der Waals surface area contributed by atoms with Crippen molar-refractivity contribution in [3.8, 4) is 0 Å². The number of rotatable bonds is 3. The molecule has 1 aliphatic carbocycles. The Morgan fingerprint density at radius 2 is 1.75 bits per heavy atom. The van der Waals surface area contributed by atoms with Gasteiger partial charge in [-0.1, -0.05) is 43.5 Å². The van der Waals surface area contributed by atoms with E-state index in [1.54, 1.807) is 5.56 Å². The van der Waals surface area contributed by atoms with Gasteiger partial charge in [0.2, 0.25) is 0 Å². The molecule has 2 rings (SSSR count). The summed E-state index contributed by atoms with van der Waals surface area (Å²) in [5.74, 6) is 1.53. The van der Waals surface area contributed by atoms with E-state index >= 15 is 0 Å². The van der Waals surface area contributed by atoms with Gasteiger partial charge in [0.15, 0.2) is 0 Å². The molecule has 1 fully saturated rings. The van der Waals surface area contributed by atoms with Crippen LogP contribution in [-0.4, -0.2) is 12.1 Å². The molecule has 0 saturated heterocycles. The third kappa shape index (κ3) is 4.34. The Morgan fingerprint density at radius 3 is 2.45 bits per heavy atom. The first-order valence-corrected chi connectivity index (χ1v) is 8.28. The molecule has 112 valence electrons. The van der Waals surface area contributed by atoms with Gasteiger partial charge < -0.3 is 5.32 Å². The SMILES string of the molecule is Cc1ccccc1C1CCCCCC1CNC(C)(C)C. The first kappa shape index (κ1) is 15.6. The highest BCUT2D eigenvalue weighted by Crippen LogP contribution is 2.37. The summed E-state index contributed by atoms with van der Waals surface area (Å²) in [4.78, 5) is 0. The minimum Gasteiger partial charge on any atom is -0.312 e. The second-order valence-electron chi connectivity index (χ2n) is 7.49. The van der Waals surface area contributed by atoms with Gasteiger partial charge in [-0.3, -0.25) is 0 Å². The Bertz CT molecular complexity index is 416. The average Bonchev–Trinajstić information content (AvgIpc) is 2.61. The molecule has 1 aromatic rings. The quantitative estimate of drug-likeness (QED) is 0.760. The Labute approximate surface area is 125 Å². The summed E-state index contributed by atoms with van der Waals surface area (Å²) in [6.45, 7) is 10.2. The molecular formula is C19H31N. The first-order chi connectivity index (χ1) is 9.47. The highest BCUT2D eigenvalue weighted by molar-refractivity contribution is 5.30. The van der Waals surface area contributed by atoms with Crippen molar-refractivity contribution < 1.29 is 0 Å². The van der Waals surface area contributed by atoms with E-state index in [-0.39, 0.29) is 5.54 Å². The minimum absolute atomic E-state index is 0.225. The third-order valence-corrected chi connectivity index (χ3v) is 4.64. The van der Waals surface area contributed by atoms with E-state index in [0.29, 0.717) is 0 Å². The lowest BCUT2D eigenvalue weighted by Crippen LogP contribution is -2.40. The van der Waals surface area contributed by atoms with Crippen LogP contribution < -0.4 is 5.32 Å². The Balaban J connectivity index is 2.15. The molecule has 1 aliphatic rings. The summed E-state index contributed by atoms with van der Waals surface area (Å²) in [5, 5.41) is 3.74. The molecule has 20 heavy (non-hydrogen) atoms. The first-order valence-electron chi connectivity index (χ1n) is 8.28. The second kappa shape index (κ2) is 6.76. The van der Waals surface area contributed by atoms with Gasteiger partial charge in [-0.05, 0) is 70.0 Å². The maximum Gasteiger partial charge on any atom is 0.00966 e. The maximum atomic E-state index is 3.74. The topological polar surface area (TPSA) is 12.0 Å².